The Morgan fingerprint density at radius 1 is 1.31 bits per heavy atom. The minimum absolute atomic E-state index is 0.448. The fourth-order valence-electron chi connectivity index (χ4n) is 2.16. The highest BCUT2D eigenvalue weighted by Crippen LogP contribution is 2.25. The maximum Gasteiger partial charge on any atom is 0.0637 e. The van der Waals surface area contributed by atoms with Gasteiger partial charge in [-0.25, -0.2) is 0 Å². The fourth-order valence-corrected chi connectivity index (χ4v) is 2.35. The van der Waals surface area contributed by atoms with Gasteiger partial charge >= 0.3 is 0 Å². The van der Waals surface area contributed by atoms with E-state index in [2.05, 4.69) is 12.2 Å². The van der Waals surface area contributed by atoms with Crippen LogP contribution in [0.4, 0.5) is 5.69 Å². The van der Waals surface area contributed by atoms with Crippen LogP contribution >= 0.6 is 11.6 Å². The highest BCUT2D eigenvalue weighted by Gasteiger charge is 2.20. The Balaban J connectivity index is 1.96. The molecule has 16 heavy (non-hydrogen) atoms. The molecule has 1 unspecified atom stereocenters. The van der Waals surface area contributed by atoms with Gasteiger partial charge in [-0.15, -0.1) is 0 Å². The second kappa shape index (κ2) is 5.55. The zero-order valence-electron chi connectivity index (χ0n) is 9.58. The summed E-state index contributed by atoms with van der Waals surface area (Å²) in [7, 11) is 0. The van der Waals surface area contributed by atoms with Crippen molar-refractivity contribution >= 4 is 17.3 Å². The van der Waals surface area contributed by atoms with Crippen LogP contribution in [0.25, 0.3) is 0 Å². The van der Waals surface area contributed by atoms with Gasteiger partial charge in [-0.1, -0.05) is 23.7 Å². The molecule has 0 spiro atoms. The summed E-state index contributed by atoms with van der Waals surface area (Å²) in [5.74, 6) is 0.685. The van der Waals surface area contributed by atoms with Crippen molar-refractivity contribution in [2.45, 2.75) is 25.8 Å². The molecular formula is C13H18ClNO. The largest absolute Gasteiger partial charge is 0.381 e. The quantitative estimate of drug-likeness (QED) is 0.871. The third-order valence-corrected chi connectivity index (χ3v) is 3.56. The van der Waals surface area contributed by atoms with E-state index in [4.69, 9.17) is 16.3 Å². The third-order valence-electron chi connectivity index (χ3n) is 3.23. The number of benzene rings is 1. The summed E-state index contributed by atoms with van der Waals surface area (Å²) in [6.07, 6.45) is 2.28. The lowest BCUT2D eigenvalue weighted by Gasteiger charge is -2.29. The summed E-state index contributed by atoms with van der Waals surface area (Å²) in [6.45, 7) is 4.00. The van der Waals surface area contributed by atoms with Gasteiger partial charge in [0.25, 0.3) is 0 Å². The van der Waals surface area contributed by atoms with Crippen LogP contribution in [0.15, 0.2) is 24.3 Å². The molecule has 2 nitrogen and oxygen atoms in total. The summed E-state index contributed by atoms with van der Waals surface area (Å²) in [5, 5.41) is 4.29. The molecule has 1 aliphatic rings. The van der Waals surface area contributed by atoms with Crippen LogP contribution in [-0.2, 0) is 4.74 Å². The van der Waals surface area contributed by atoms with Gasteiger partial charge in [-0.3, -0.25) is 0 Å². The molecule has 0 aliphatic carbocycles. The Morgan fingerprint density at radius 2 is 2.00 bits per heavy atom. The number of anilines is 1. The lowest BCUT2D eigenvalue weighted by Crippen LogP contribution is -2.31. The van der Waals surface area contributed by atoms with Crippen molar-refractivity contribution < 1.29 is 4.74 Å². The molecule has 1 aromatic carbocycles. The zero-order valence-corrected chi connectivity index (χ0v) is 10.3. The molecule has 1 aromatic rings. The topological polar surface area (TPSA) is 21.3 Å². The van der Waals surface area contributed by atoms with Gasteiger partial charge in [-0.05, 0) is 37.8 Å². The Kier molecular flexibility index (Phi) is 4.08. The Morgan fingerprint density at radius 3 is 2.69 bits per heavy atom. The molecule has 1 saturated heterocycles. The van der Waals surface area contributed by atoms with Crippen molar-refractivity contribution in [1.29, 1.82) is 0 Å². The van der Waals surface area contributed by atoms with Gasteiger partial charge in [0.05, 0.1) is 10.7 Å². The highest BCUT2D eigenvalue weighted by atomic mass is 35.5. The van der Waals surface area contributed by atoms with Gasteiger partial charge in [-0.2, -0.15) is 0 Å². The third kappa shape index (κ3) is 2.89. The first-order valence-corrected chi connectivity index (χ1v) is 6.24. The van der Waals surface area contributed by atoms with E-state index in [9.17, 15) is 0 Å². The van der Waals surface area contributed by atoms with Crippen molar-refractivity contribution in [2.75, 3.05) is 18.5 Å². The molecule has 1 atom stereocenters. The molecule has 0 amide bonds. The molecule has 0 radical (unpaired) electrons. The van der Waals surface area contributed by atoms with E-state index >= 15 is 0 Å². The van der Waals surface area contributed by atoms with Gasteiger partial charge in [0.15, 0.2) is 0 Å². The van der Waals surface area contributed by atoms with Crippen LogP contribution in [-0.4, -0.2) is 19.3 Å². The van der Waals surface area contributed by atoms with Gasteiger partial charge in [0.2, 0.25) is 0 Å². The van der Waals surface area contributed by atoms with Crippen molar-refractivity contribution in [3.8, 4) is 0 Å². The average molecular weight is 240 g/mol. The summed E-state index contributed by atoms with van der Waals surface area (Å²) in [4.78, 5) is 0. The van der Waals surface area contributed by atoms with Gasteiger partial charge in [0.1, 0.15) is 0 Å². The van der Waals surface area contributed by atoms with Crippen molar-refractivity contribution in [2.24, 2.45) is 5.92 Å². The van der Waals surface area contributed by atoms with Crippen LogP contribution in [0, 0.1) is 5.92 Å². The SMILES string of the molecule is CC(Nc1ccccc1Cl)C1CCOCC1. The Bertz CT molecular complexity index is 336. The van der Waals surface area contributed by atoms with Crippen molar-refractivity contribution in [3.05, 3.63) is 29.3 Å². The number of hydrogen-bond donors (Lipinski definition) is 1. The van der Waals surface area contributed by atoms with E-state index in [0.717, 1.165) is 36.8 Å². The highest BCUT2D eigenvalue weighted by molar-refractivity contribution is 6.33. The van der Waals surface area contributed by atoms with Crippen LogP contribution in [0.2, 0.25) is 5.02 Å². The van der Waals surface area contributed by atoms with E-state index in [1.54, 1.807) is 0 Å². The van der Waals surface area contributed by atoms with E-state index in [1.807, 2.05) is 24.3 Å². The number of hydrogen-bond acceptors (Lipinski definition) is 2. The average Bonchev–Trinajstić information content (AvgIpc) is 2.33. The fraction of sp³-hybridized carbons (Fsp3) is 0.538. The number of ether oxygens (including phenoxy) is 1. The maximum atomic E-state index is 6.12. The lowest BCUT2D eigenvalue weighted by molar-refractivity contribution is 0.0622. The first-order valence-electron chi connectivity index (χ1n) is 5.86. The predicted molar refractivity (Wildman–Crippen MR) is 68.1 cm³/mol. The molecule has 1 heterocycles. The molecule has 1 fully saturated rings. The van der Waals surface area contributed by atoms with E-state index in [1.165, 1.54) is 0 Å². The normalized spacial score (nSPS) is 19.4. The standard InChI is InChI=1S/C13H18ClNO/c1-10(11-6-8-16-9-7-11)15-13-5-3-2-4-12(13)14/h2-5,10-11,15H,6-9H2,1H3. The van der Waals surface area contributed by atoms with E-state index in [-0.39, 0.29) is 0 Å². The Labute approximate surface area is 102 Å². The molecule has 0 bridgehead atoms. The molecule has 88 valence electrons. The smallest absolute Gasteiger partial charge is 0.0637 e. The number of para-hydroxylation sites is 1. The minimum atomic E-state index is 0.448. The van der Waals surface area contributed by atoms with Gasteiger partial charge < -0.3 is 10.1 Å². The minimum Gasteiger partial charge on any atom is -0.381 e. The van der Waals surface area contributed by atoms with Crippen LogP contribution in [0.1, 0.15) is 19.8 Å². The second-order valence-corrected chi connectivity index (χ2v) is 4.77. The summed E-state index contributed by atoms with van der Waals surface area (Å²) in [6, 6.07) is 8.35. The zero-order chi connectivity index (χ0) is 11.4. The van der Waals surface area contributed by atoms with Crippen molar-refractivity contribution in [3.63, 3.8) is 0 Å². The predicted octanol–water partition coefficient (Wildman–Crippen LogP) is 3.57. The van der Waals surface area contributed by atoms with Gasteiger partial charge in [0, 0.05) is 19.3 Å². The van der Waals surface area contributed by atoms with E-state index < -0.39 is 0 Å². The summed E-state index contributed by atoms with van der Waals surface area (Å²) >= 11 is 6.12. The summed E-state index contributed by atoms with van der Waals surface area (Å²) < 4.78 is 5.37. The number of rotatable bonds is 3. The number of nitrogens with one attached hydrogen (secondary N) is 1. The number of halogens is 1. The molecular weight excluding hydrogens is 222 g/mol. The van der Waals surface area contributed by atoms with E-state index in [0.29, 0.717) is 12.0 Å². The first-order chi connectivity index (χ1) is 7.77. The molecule has 3 heteroatoms. The lowest BCUT2D eigenvalue weighted by atomic mass is 9.93. The molecule has 0 saturated carbocycles. The molecule has 2 rings (SSSR count). The maximum absolute atomic E-state index is 6.12. The monoisotopic (exact) mass is 239 g/mol. The molecule has 0 aromatic heterocycles. The molecule has 1 N–H and O–H groups in total. The van der Waals surface area contributed by atoms with Crippen LogP contribution in [0.5, 0.6) is 0 Å². The van der Waals surface area contributed by atoms with Crippen LogP contribution < -0.4 is 5.32 Å². The van der Waals surface area contributed by atoms with Crippen LogP contribution in [0.3, 0.4) is 0 Å². The Hall–Kier alpha value is -0.730. The second-order valence-electron chi connectivity index (χ2n) is 4.36. The first kappa shape index (κ1) is 11.7. The summed E-state index contributed by atoms with van der Waals surface area (Å²) in [5.41, 5.74) is 1.03. The molecule has 1 aliphatic heterocycles. The van der Waals surface area contributed by atoms with Crippen molar-refractivity contribution in [1.82, 2.24) is 0 Å².